The number of hydrogen-bond acceptors (Lipinski definition) is 5. The summed E-state index contributed by atoms with van der Waals surface area (Å²) in [6.07, 6.45) is 1.54. The molecule has 14 heavy (non-hydrogen) atoms. The van der Waals surface area contributed by atoms with Gasteiger partial charge in [-0.3, -0.25) is 0 Å². The molecule has 2 aromatic heterocycles. The quantitative estimate of drug-likeness (QED) is 0.677. The van der Waals surface area contributed by atoms with Crippen LogP contribution in [0.25, 0.3) is 11.0 Å². The molecule has 6 heteroatoms. The van der Waals surface area contributed by atoms with Gasteiger partial charge in [0.2, 0.25) is 11.8 Å². The van der Waals surface area contributed by atoms with E-state index in [1.165, 1.54) is 7.11 Å². The van der Waals surface area contributed by atoms with E-state index in [4.69, 9.17) is 15.7 Å². The van der Waals surface area contributed by atoms with Gasteiger partial charge >= 0.3 is 0 Å². The van der Waals surface area contributed by atoms with E-state index >= 15 is 0 Å². The van der Waals surface area contributed by atoms with Gasteiger partial charge in [0.25, 0.3) is 0 Å². The van der Waals surface area contributed by atoms with Crippen molar-refractivity contribution in [2.24, 2.45) is 0 Å². The highest BCUT2D eigenvalue weighted by molar-refractivity contribution is 5.88. The number of aromatic amines is 1. The first kappa shape index (κ1) is 8.31. The molecule has 0 spiro atoms. The predicted molar refractivity (Wildman–Crippen MR) is 49.6 cm³/mol. The number of hydrogen-bond donors (Lipinski definition) is 2. The van der Waals surface area contributed by atoms with Crippen LogP contribution in [0.15, 0.2) is 6.20 Å². The fourth-order valence-electron chi connectivity index (χ4n) is 1.25. The highest BCUT2D eigenvalue weighted by atomic mass is 16.5. The fraction of sp³-hybridized carbons (Fsp3) is 0.125. The van der Waals surface area contributed by atoms with Gasteiger partial charge in [0.05, 0.1) is 18.1 Å². The average Bonchev–Trinajstić information content (AvgIpc) is 2.59. The van der Waals surface area contributed by atoms with E-state index in [0.29, 0.717) is 22.5 Å². The molecule has 2 heterocycles. The standard InChI is InChI=1S/C8H7N5O/c1-14-7-5-4(2-9)3-11-6(5)12-8(10)13-7/h3H,1H3,(H3,10,11,12,13). The summed E-state index contributed by atoms with van der Waals surface area (Å²) in [6.45, 7) is 0. The third-order valence-electron chi connectivity index (χ3n) is 1.83. The Morgan fingerprint density at radius 3 is 3.00 bits per heavy atom. The zero-order chi connectivity index (χ0) is 10.1. The summed E-state index contributed by atoms with van der Waals surface area (Å²) in [4.78, 5) is 10.6. The van der Waals surface area contributed by atoms with Crippen LogP contribution >= 0.6 is 0 Å². The second-order valence-electron chi connectivity index (χ2n) is 2.63. The number of ether oxygens (including phenoxy) is 1. The van der Waals surface area contributed by atoms with Crippen LogP contribution in [0, 0.1) is 11.3 Å². The van der Waals surface area contributed by atoms with Crippen molar-refractivity contribution >= 4 is 17.0 Å². The summed E-state index contributed by atoms with van der Waals surface area (Å²) < 4.78 is 5.01. The molecule has 0 bridgehead atoms. The summed E-state index contributed by atoms with van der Waals surface area (Å²) in [5, 5.41) is 9.36. The van der Waals surface area contributed by atoms with Crippen molar-refractivity contribution in [1.29, 1.82) is 5.26 Å². The lowest BCUT2D eigenvalue weighted by atomic mass is 10.2. The van der Waals surface area contributed by atoms with E-state index in [0.717, 1.165) is 0 Å². The van der Waals surface area contributed by atoms with Gasteiger partial charge in [-0.2, -0.15) is 15.2 Å². The zero-order valence-corrected chi connectivity index (χ0v) is 7.40. The minimum Gasteiger partial charge on any atom is -0.480 e. The van der Waals surface area contributed by atoms with Crippen LogP contribution in [0.1, 0.15) is 5.56 Å². The molecule has 0 unspecified atom stereocenters. The third kappa shape index (κ3) is 1.03. The number of fused-ring (bicyclic) bond motifs is 1. The molecule has 0 aromatic carbocycles. The molecule has 6 nitrogen and oxygen atoms in total. The Morgan fingerprint density at radius 1 is 1.57 bits per heavy atom. The van der Waals surface area contributed by atoms with Crippen molar-refractivity contribution in [3.05, 3.63) is 11.8 Å². The van der Waals surface area contributed by atoms with Gasteiger partial charge in [-0.15, -0.1) is 0 Å². The first-order valence-corrected chi connectivity index (χ1v) is 3.85. The Labute approximate surface area is 79.3 Å². The number of nitrogen functional groups attached to an aromatic ring is 1. The lowest BCUT2D eigenvalue weighted by Gasteiger charge is -2.00. The number of anilines is 1. The minimum atomic E-state index is 0.112. The van der Waals surface area contributed by atoms with Gasteiger partial charge in [-0.25, -0.2) is 0 Å². The lowest BCUT2D eigenvalue weighted by molar-refractivity contribution is 0.403. The molecular weight excluding hydrogens is 182 g/mol. The SMILES string of the molecule is COc1nc(N)nc2[nH]cc(C#N)c12. The Hall–Kier alpha value is -2.29. The van der Waals surface area contributed by atoms with Gasteiger partial charge in [0, 0.05) is 6.20 Å². The van der Waals surface area contributed by atoms with E-state index in [-0.39, 0.29) is 5.95 Å². The van der Waals surface area contributed by atoms with E-state index in [1.54, 1.807) is 6.20 Å². The molecule has 0 radical (unpaired) electrons. The largest absolute Gasteiger partial charge is 0.480 e. The van der Waals surface area contributed by atoms with E-state index in [9.17, 15) is 0 Å². The number of nitriles is 1. The maximum absolute atomic E-state index is 8.80. The van der Waals surface area contributed by atoms with Crippen LogP contribution in [-0.2, 0) is 0 Å². The maximum atomic E-state index is 8.80. The number of nitrogens with zero attached hydrogens (tertiary/aromatic N) is 3. The Morgan fingerprint density at radius 2 is 2.36 bits per heavy atom. The van der Waals surface area contributed by atoms with E-state index in [1.807, 2.05) is 6.07 Å². The molecule has 0 fully saturated rings. The third-order valence-corrected chi connectivity index (χ3v) is 1.83. The summed E-state index contributed by atoms with van der Waals surface area (Å²) >= 11 is 0. The number of aromatic nitrogens is 3. The molecule has 0 saturated heterocycles. The summed E-state index contributed by atoms with van der Waals surface area (Å²) in [5.74, 6) is 0.422. The summed E-state index contributed by atoms with van der Waals surface area (Å²) in [6, 6.07) is 2.01. The Bertz CT molecular complexity index is 524. The van der Waals surface area contributed by atoms with E-state index in [2.05, 4.69) is 15.0 Å². The molecule has 0 aliphatic carbocycles. The van der Waals surface area contributed by atoms with Crippen LogP contribution in [0.5, 0.6) is 5.88 Å². The predicted octanol–water partition coefficient (Wildman–Crippen LogP) is 0.420. The maximum Gasteiger partial charge on any atom is 0.229 e. The van der Waals surface area contributed by atoms with Gasteiger partial charge in [0.15, 0.2) is 0 Å². The van der Waals surface area contributed by atoms with Gasteiger partial charge in [-0.1, -0.05) is 0 Å². The molecule has 3 N–H and O–H groups in total. The van der Waals surface area contributed by atoms with Crippen molar-refractivity contribution in [2.75, 3.05) is 12.8 Å². The lowest BCUT2D eigenvalue weighted by Crippen LogP contribution is -1.98. The van der Waals surface area contributed by atoms with Crippen LogP contribution in [0.3, 0.4) is 0 Å². The number of rotatable bonds is 1. The van der Waals surface area contributed by atoms with E-state index < -0.39 is 0 Å². The summed E-state index contributed by atoms with van der Waals surface area (Å²) in [5.41, 5.74) is 6.39. The normalized spacial score (nSPS) is 10.0. The second kappa shape index (κ2) is 2.88. The molecule has 70 valence electrons. The second-order valence-corrected chi connectivity index (χ2v) is 2.63. The van der Waals surface area contributed by atoms with Crippen molar-refractivity contribution in [3.63, 3.8) is 0 Å². The molecular formula is C8H7N5O. The van der Waals surface area contributed by atoms with Crippen LogP contribution in [-0.4, -0.2) is 22.1 Å². The van der Waals surface area contributed by atoms with Crippen molar-refractivity contribution < 1.29 is 4.74 Å². The van der Waals surface area contributed by atoms with Crippen molar-refractivity contribution in [3.8, 4) is 11.9 Å². The Kier molecular flexibility index (Phi) is 1.71. The number of H-pyrrole nitrogens is 1. The number of nitrogens with one attached hydrogen (secondary N) is 1. The smallest absolute Gasteiger partial charge is 0.229 e. The molecule has 0 aliphatic rings. The molecule has 2 aromatic rings. The molecule has 0 saturated carbocycles. The average molecular weight is 189 g/mol. The van der Waals surface area contributed by atoms with Crippen molar-refractivity contribution in [2.45, 2.75) is 0 Å². The number of nitrogens with two attached hydrogens (primary N) is 1. The van der Waals surface area contributed by atoms with Gasteiger partial charge in [-0.05, 0) is 0 Å². The van der Waals surface area contributed by atoms with Gasteiger partial charge in [0.1, 0.15) is 11.7 Å². The monoisotopic (exact) mass is 189 g/mol. The van der Waals surface area contributed by atoms with Crippen LogP contribution in [0.4, 0.5) is 5.95 Å². The van der Waals surface area contributed by atoms with Crippen molar-refractivity contribution in [1.82, 2.24) is 15.0 Å². The zero-order valence-electron chi connectivity index (χ0n) is 7.40. The summed E-state index contributed by atoms with van der Waals surface area (Å²) in [7, 11) is 1.47. The molecule has 0 amide bonds. The Balaban J connectivity index is 2.87. The minimum absolute atomic E-state index is 0.112. The first-order valence-electron chi connectivity index (χ1n) is 3.85. The number of methoxy groups -OCH3 is 1. The highest BCUT2D eigenvalue weighted by Crippen LogP contribution is 2.25. The van der Waals surface area contributed by atoms with Crippen LogP contribution < -0.4 is 10.5 Å². The fourth-order valence-corrected chi connectivity index (χ4v) is 1.25. The molecule has 2 rings (SSSR count). The van der Waals surface area contributed by atoms with Crippen LogP contribution in [0.2, 0.25) is 0 Å². The van der Waals surface area contributed by atoms with Gasteiger partial charge < -0.3 is 15.5 Å². The topological polar surface area (TPSA) is 101 Å². The highest BCUT2D eigenvalue weighted by Gasteiger charge is 2.12. The molecule has 0 aliphatic heterocycles. The first-order chi connectivity index (χ1) is 6.76. The molecule has 0 atom stereocenters.